The van der Waals surface area contributed by atoms with Gasteiger partial charge in [0.2, 0.25) is 5.91 Å². The standard InChI is InChI=1S/C29H37N5O3/c1-28(2,30)26(36)32-22(16-10-15-20-11-6-4-7-12-20)25(35)23-18-29(17-21-13-8-5-9-14-21)24(19-31-23)33-34(3)27(29)37/h4-9,11-14,22-23,31H,10,15-19,30H2,1-3H3,(H,32,36)/t22-,23?,29-/m1/s1. The molecule has 3 atom stereocenters. The van der Waals surface area contributed by atoms with Crippen LogP contribution < -0.4 is 16.4 Å². The number of Topliss-reactive ketones (excluding diaryl/α,β-unsaturated/α-hetero) is 1. The van der Waals surface area contributed by atoms with E-state index in [9.17, 15) is 14.4 Å². The minimum Gasteiger partial charge on any atom is -0.345 e. The number of fused-ring (bicyclic) bond motifs is 1. The van der Waals surface area contributed by atoms with E-state index in [0.29, 0.717) is 25.8 Å². The second-order valence-electron chi connectivity index (χ2n) is 10.8. The zero-order valence-electron chi connectivity index (χ0n) is 21.9. The molecule has 1 fully saturated rings. The Morgan fingerprint density at radius 3 is 2.38 bits per heavy atom. The van der Waals surface area contributed by atoms with Crippen molar-refractivity contribution in [1.82, 2.24) is 15.6 Å². The van der Waals surface area contributed by atoms with Gasteiger partial charge in [-0.1, -0.05) is 60.7 Å². The second-order valence-corrected chi connectivity index (χ2v) is 10.8. The molecular formula is C29H37N5O3. The third kappa shape index (κ3) is 5.97. The molecule has 0 saturated carbocycles. The fourth-order valence-electron chi connectivity index (χ4n) is 5.23. The van der Waals surface area contributed by atoms with Gasteiger partial charge < -0.3 is 16.4 Å². The maximum absolute atomic E-state index is 13.9. The van der Waals surface area contributed by atoms with E-state index in [1.165, 1.54) is 10.6 Å². The number of ketones is 1. The fourth-order valence-corrected chi connectivity index (χ4v) is 5.23. The van der Waals surface area contributed by atoms with Crippen LogP contribution in [0.2, 0.25) is 0 Å². The molecule has 0 bridgehead atoms. The van der Waals surface area contributed by atoms with E-state index >= 15 is 0 Å². The summed E-state index contributed by atoms with van der Waals surface area (Å²) in [5.41, 5.74) is 6.98. The number of aryl methyl sites for hydroxylation is 1. The van der Waals surface area contributed by atoms with Crippen molar-refractivity contribution >= 4 is 23.3 Å². The molecule has 1 saturated heterocycles. The molecule has 2 aromatic rings. The highest BCUT2D eigenvalue weighted by Gasteiger charge is 2.54. The molecule has 0 spiro atoms. The van der Waals surface area contributed by atoms with Crippen LogP contribution in [0.25, 0.3) is 0 Å². The van der Waals surface area contributed by atoms with E-state index in [2.05, 4.69) is 27.9 Å². The lowest BCUT2D eigenvalue weighted by Gasteiger charge is -2.38. The highest BCUT2D eigenvalue weighted by atomic mass is 16.2. The monoisotopic (exact) mass is 503 g/mol. The lowest BCUT2D eigenvalue weighted by atomic mass is 9.69. The van der Waals surface area contributed by atoms with Crippen LogP contribution in [0.3, 0.4) is 0 Å². The predicted octanol–water partition coefficient (Wildman–Crippen LogP) is 2.22. The number of amides is 2. The molecule has 4 N–H and O–H groups in total. The van der Waals surface area contributed by atoms with Gasteiger partial charge in [-0.05, 0) is 57.1 Å². The molecule has 8 heteroatoms. The van der Waals surface area contributed by atoms with E-state index in [1.54, 1.807) is 20.9 Å². The largest absolute Gasteiger partial charge is 0.345 e. The van der Waals surface area contributed by atoms with Crippen molar-refractivity contribution < 1.29 is 14.4 Å². The first-order valence-corrected chi connectivity index (χ1v) is 12.9. The number of nitrogens with one attached hydrogen (secondary N) is 2. The van der Waals surface area contributed by atoms with Gasteiger partial charge >= 0.3 is 0 Å². The molecule has 1 unspecified atom stereocenters. The van der Waals surface area contributed by atoms with Gasteiger partial charge in [-0.15, -0.1) is 0 Å². The Hall–Kier alpha value is -3.36. The molecule has 4 rings (SSSR count). The third-order valence-electron chi connectivity index (χ3n) is 7.32. The van der Waals surface area contributed by atoms with Gasteiger partial charge in [0.15, 0.2) is 5.78 Å². The van der Waals surface area contributed by atoms with Gasteiger partial charge in [0.05, 0.1) is 28.7 Å². The average molecular weight is 504 g/mol. The quantitative estimate of drug-likeness (QED) is 0.460. The van der Waals surface area contributed by atoms with Gasteiger partial charge in [0, 0.05) is 13.6 Å². The minimum absolute atomic E-state index is 0.0987. The summed E-state index contributed by atoms with van der Waals surface area (Å²) in [4.78, 5) is 40.1. The van der Waals surface area contributed by atoms with Crippen molar-refractivity contribution in [2.75, 3.05) is 13.6 Å². The number of nitrogens with two attached hydrogens (primary N) is 1. The highest BCUT2D eigenvalue weighted by molar-refractivity contribution is 6.14. The summed E-state index contributed by atoms with van der Waals surface area (Å²) in [6.45, 7) is 3.58. The third-order valence-corrected chi connectivity index (χ3v) is 7.32. The molecule has 8 nitrogen and oxygen atoms in total. The maximum Gasteiger partial charge on any atom is 0.254 e. The van der Waals surface area contributed by atoms with Gasteiger partial charge in [0.1, 0.15) is 0 Å². The summed E-state index contributed by atoms with van der Waals surface area (Å²) in [6, 6.07) is 18.6. The van der Waals surface area contributed by atoms with Crippen LogP contribution in [0.4, 0.5) is 0 Å². The number of hydrogen-bond acceptors (Lipinski definition) is 6. The zero-order valence-corrected chi connectivity index (χ0v) is 21.9. The van der Waals surface area contributed by atoms with Crippen molar-refractivity contribution in [3.63, 3.8) is 0 Å². The summed E-state index contributed by atoms with van der Waals surface area (Å²) < 4.78 is 0. The number of hydrazone groups is 1. The van der Waals surface area contributed by atoms with Crippen LogP contribution >= 0.6 is 0 Å². The highest BCUT2D eigenvalue weighted by Crippen LogP contribution is 2.39. The smallest absolute Gasteiger partial charge is 0.254 e. The first-order chi connectivity index (χ1) is 17.6. The van der Waals surface area contributed by atoms with Crippen molar-refractivity contribution in [3.8, 4) is 0 Å². The molecule has 0 radical (unpaired) electrons. The number of benzene rings is 2. The summed E-state index contributed by atoms with van der Waals surface area (Å²) in [5.74, 6) is -0.600. The molecule has 196 valence electrons. The molecule has 37 heavy (non-hydrogen) atoms. The molecule has 2 amide bonds. The Kier molecular flexibility index (Phi) is 7.90. The Bertz CT molecular complexity index is 1160. The van der Waals surface area contributed by atoms with Crippen molar-refractivity contribution in [1.29, 1.82) is 0 Å². The van der Waals surface area contributed by atoms with E-state index < -0.39 is 23.0 Å². The maximum atomic E-state index is 13.9. The number of carbonyl (C=O) groups is 3. The van der Waals surface area contributed by atoms with Crippen LogP contribution in [0.1, 0.15) is 44.2 Å². The van der Waals surface area contributed by atoms with Crippen molar-refractivity contribution in [3.05, 3.63) is 71.8 Å². The van der Waals surface area contributed by atoms with Crippen LogP contribution in [0.15, 0.2) is 65.8 Å². The van der Waals surface area contributed by atoms with Crippen molar-refractivity contribution in [2.24, 2.45) is 16.3 Å². The SMILES string of the molecule is CN1N=C2CNC(C(=O)[C@@H](CCCc3ccccc3)NC(=O)C(C)(C)N)C[C@@]2(Cc2ccccc2)C1=O. The first kappa shape index (κ1) is 26.7. The minimum atomic E-state index is -1.11. The predicted molar refractivity (Wildman–Crippen MR) is 144 cm³/mol. The summed E-state index contributed by atoms with van der Waals surface area (Å²) in [7, 11) is 1.66. The van der Waals surface area contributed by atoms with E-state index in [4.69, 9.17) is 5.73 Å². The zero-order chi connectivity index (χ0) is 26.6. The first-order valence-electron chi connectivity index (χ1n) is 12.9. The van der Waals surface area contributed by atoms with Crippen LogP contribution in [-0.2, 0) is 27.2 Å². The Morgan fingerprint density at radius 2 is 1.76 bits per heavy atom. The average Bonchev–Trinajstić information content (AvgIpc) is 3.12. The number of piperidine rings is 1. The lowest BCUT2D eigenvalue weighted by Crippen LogP contribution is -2.61. The molecule has 0 aromatic heterocycles. The molecule has 2 aliphatic heterocycles. The van der Waals surface area contributed by atoms with E-state index in [0.717, 1.165) is 24.1 Å². The van der Waals surface area contributed by atoms with E-state index in [-0.39, 0.29) is 17.6 Å². The number of nitrogens with zero attached hydrogens (tertiary/aromatic N) is 2. The second kappa shape index (κ2) is 10.9. The summed E-state index contributed by atoms with van der Waals surface area (Å²) in [6.07, 6.45) is 2.76. The molecule has 2 aromatic carbocycles. The van der Waals surface area contributed by atoms with Crippen LogP contribution in [0, 0.1) is 5.41 Å². The fraction of sp³-hybridized carbons (Fsp3) is 0.448. The number of carbonyl (C=O) groups excluding carboxylic acids is 3. The Morgan fingerprint density at radius 1 is 1.14 bits per heavy atom. The van der Waals surface area contributed by atoms with Crippen molar-refractivity contribution in [2.45, 2.75) is 63.6 Å². The molecule has 2 heterocycles. The normalized spacial score (nSPS) is 22.3. The van der Waals surface area contributed by atoms with Crippen LogP contribution in [-0.4, -0.2) is 59.5 Å². The number of rotatable bonds is 10. The summed E-state index contributed by atoms with van der Waals surface area (Å²) >= 11 is 0. The van der Waals surface area contributed by atoms with Gasteiger partial charge in [-0.25, -0.2) is 5.01 Å². The molecular weight excluding hydrogens is 466 g/mol. The topological polar surface area (TPSA) is 117 Å². The lowest BCUT2D eigenvalue weighted by molar-refractivity contribution is -0.137. The molecule has 2 aliphatic rings. The van der Waals surface area contributed by atoms with Crippen LogP contribution in [0.5, 0.6) is 0 Å². The van der Waals surface area contributed by atoms with Gasteiger partial charge in [0.25, 0.3) is 5.91 Å². The van der Waals surface area contributed by atoms with Gasteiger partial charge in [-0.2, -0.15) is 5.10 Å². The Labute approximate surface area is 218 Å². The van der Waals surface area contributed by atoms with Gasteiger partial charge in [-0.3, -0.25) is 14.4 Å². The number of hydrogen-bond donors (Lipinski definition) is 3. The van der Waals surface area contributed by atoms with E-state index in [1.807, 2.05) is 48.5 Å². The Balaban J connectivity index is 1.54. The molecule has 0 aliphatic carbocycles. The summed E-state index contributed by atoms with van der Waals surface area (Å²) in [5, 5.41) is 12.1.